The Labute approximate surface area is 97.5 Å². The lowest BCUT2D eigenvalue weighted by molar-refractivity contribution is 0.0696. The molecule has 1 N–H and O–H groups in total. The lowest BCUT2D eigenvalue weighted by Gasteiger charge is -1.91. The van der Waals surface area contributed by atoms with E-state index in [9.17, 15) is 4.79 Å². The molecule has 78 valence electrons. The van der Waals surface area contributed by atoms with E-state index in [0.717, 1.165) is 0 Å². The molecule has 0 aromatic carbocycles. The molecule has 15 heavy (non-hydrogen) atoms. The predicted octanol–water partition coefficient (Wildman–Crippen LogP) is 2.10. The quantitative estimate of drug-likeness (QED) is 0.918. The van der Waals surface area contributed by atoms with E-state index in [-0.39, 0.29) is 5.56 Å². The smallest absolute Gasteiger partial charge is 0.339 e. The molecular weight excluding hydrogens is 282 g/mol. The minimum Gasteiger partial charge on any atom is -0.478 e. The van der Waals surface area contributed by atoms with Crippen molar-refractivity contribution in [1.29, 1.82) is 0 Å². The zero-order valence-electron chi connectivity index (χ0n) is 7.64. The number of carboxylic acid groups (broad SMARTS) is 1. The normalized spacial score (nSPS) is 10.5. The van der Waals surface area contributed by atoms with Crippen LogP contribution in [-0.4, -0.2) is 25.8 Å². The van der Waals surface area contributed by atoms with Gasteiger partial charge in [-0.3, -0.25) is 0 Å². The molecule has 0 fully saturated rings. The van der Waals surface area contributed by atoms with Gasteiger partial charge in [0.1, 0.15) is 10.2 Å². The van der Waals surface area contributed by atoms with Gasteiger partial charge in [0, 0.05) is 11.6 Å². The molecule has 0 aliphatic heterocycles. The average molecular weight is 288 g/mol. The van der Waals surface area contributed by atoms with Crippen LogP contribution in [0.25, 0.3) is 5.13 Å². The number of thiazole rings is 1. The number of aromatic nitrogens is 3. The summed E-state index contributed by atoms with van der Waals surface area (Å²) in [4.78, 5) is 14.9. The first-order valence-electron chi connectivity index (χ1n) is 3.99. The first kappa shape index (κ1) is 10.3. The third kappa shape index (κ3) is 1.93. The lowest BCUT2D eigenvalue weighted by Crippen LogP contribution is -1.95. The molecule has 0 spiro atoms. The molecule has 0 aliphatic carbocycles. The van der Waals surface area contributed by atoms with Crippen LogP contribution in [0.1, 0.15) is 16.1 Å². The summed E-state index contributed by atoms with van der Waals surface area (Å²) in [5, 5.41) is 15.4. The molecule has 0 radical (unpaired) electrons. The van der Waals surface area contributed by atoms with Gasteiger partial charge >= 0.3 is 5.97 Å². The summed E-state index contributed by atoms with van der Waals surface area (Å²) in [7, 11) is 0. The zero-order chi connectivity index (χ0) is 11.0. The molecule has 5 nitrogen and oxygen atoms in total. The second-order valence-corrected chi connectivity index (χ2v) is 4.48. The maximum absolute atomic E-state index is 10.8. The monoisotopic (exact) mass is 287 g/mol. The number of aromatic carboxylic acids is 1. The molecule has 2 aromatic heterocycles. The van der Waals surface area contributed by atoms with Crippen LogP contribution in [0.15, 0.2) is 16.2 Å². The van der Waals surface area contributed by atoms with Crippen LogP contribution in [0.2, 0.25) is 0 Å². The van der Waals surface area contributed by atoms with Crippen molar-refractivity contribution in [1.82, 2.24) is 14.8 Å². The van der Waals surface area contributed by atoms with Crippen LogP contribution in [0, 0.1) is 6.92 Å². The van der Waals surface area contributed by atoms with Crippen molar-refractivity contribution >= 4 is 33.2 Å². The minimum atomic E-state index is -0.977. The zero-order valence-corrected chi connectivity index (χ0v) is 10.0. The van der Waals surface area contributed by atoms with Crippen LogP contribution in [0.4, 0.5) is 0 Å². The van der Waals surface area contributed by atoms with Gasteiger partial charge in [-0.25, -0.2) is 14.5 Å². The van der Waals surface area contributed by atoms with Gasteiger partial charge in [0.2, 0.25) is 5.13 Å². The van der Waals surface area contributed by atoms with Crippen molar-refractivity contribution in [3.05, 3.63) is 27.4 Å². The van der Waals surface area contributed by atoms with Gasteiger partial charge in [0.25, 0.3) is 0 Å². The topological polar surface area (TPSA) is 68.0 Å². The van der Waals surface area contributed by atoms with Gasteiger partial charge in [0.05, 0.1) is 5.69 Å². The number of carboxylic acids is 1. The number of nitrogens with zero attached hydrogens (tertiary/aromatic N) is 3. The highest BCUT2D eigenvalue weighted by Crippen LogP contribution is 2.19. The van der Waals surface area contributed by atoms with Crippen molar-refractivity contribution in [2.75, 3.05) is 0 Å². The van der Waals surface area contributed by atoms with E-state index in [4.69, 9.17) is 5.11 Å². The highest BCUT2D eigenvalue weighted by molar-refractivity contribution is 9.10. The summed E-state index contributed by atoms with van der Waals surface area (Å²) in [5.41, 5.74) is 0.676. The largest absolute Gasteiger partial charge is 0.478 e. The summed E-state index contributed by atoms with van der Waals surface area (Å²) in [6, 6.07) is 0. The lowest BCUT2D eigenvalue weighted by atomic mass is 10.3. The van der Waals surface area contributed by atoms with Gasteiger partial charge in [-0.1, -0.05) is 0 Å². The Hall–Kier alpha value is -1.21. The number of halogens is 1. The molecule has 0 aliphatic rings. The van der Waals surface area contributed by atoms with Gasteiger partial charge in [-0.05, 0) is 22.9 Å². The van der Waals surface area contributed by atoms with Gasteiger partial charge in [-0.15, -0.1) is 11.3 Å². The molecule has 0 amide bonds. The van der Waals surface area contributed by atoms with Crippen molar-refractivity contribution in [2.45, 2.75) is 6.92 Å². The van der Waals surface area contributed by atoms with E-state index in [1.807, 2.05) is 5.38 Å². The summed E-state index contributed by atoms with van der Waals surface area (Å²) in [6.45, 7) is 1.66. The number of aryl methyl sites for hydroxylation is 1. The standard InChI is InChI=1S/C8H6BrN3O2S/c1-4-5(7(13)14)2-12(11-4)8-10-6(9)3-15-8/h2-3H,1H3,(H,13,14). The Bertz CT molecular complexity index is 520. The van der Waals surface area contributed by atoms with E-state index < -0.39 is 5.97 Å². The second-order valence-electron chi connectivity index (χ2n) is 2.83. The highest BCUT2D eigenvalue weighted by Gasteiger charge is 2.13. The number of carbonyl (C=O) groups is 1. The van der Waals surface area contributed by atoms with E-state index in [2.05, 4.69) is 26.0 Å². The molecule has 0 atom stereocenters. The SMILES string of the molecule is Cc1nn(-c2nc(Br)cs2)cc1C(=O)O. The van der Waals surface area contributed by atoms with Crippen LogP contribution >= 0.6 is 27.3 Å². The van der Waals surface area contributed by atoms with Crippen LogP contribution in [0.3, 0.4) is 0 Å². The Morgan fingerprint density at radius 3 is 2.87 bits per heavy atom. The van der Waals surface area contributed by atoms with Crippen molar-refractivity contribution in [2.24, 2.45) is 0 Å². The van der Waals surface area contributed by atoms with Gasteiger partial charge in [0.15, 0.2) is 0 Å². The number of hydrogen-bond acceptors (Lipinski definition) is 4. The molecule has 2 heterocycles. The molecule has 0 saturated carbocycles. The fourth-order valence-electron chi connectivity index (χ4n) is 1.12. The van der Waals surface area contributed by atoms with E-state index in [0.29, 0.717) is 15.4 Å². The maximum Gasteiger partial charge on any atom is 0.339 e. The number of hydrogen-bond donors (Lipinski definition) is 1. The van der Waals surface area contributed by atoms with Gasteiger partial charge < -0.3 is 5.11 Å². The molecular formula is C8H6BrN3O2S. The average Bonchev–Trinajstić information content (AvgIpc) is 2.71. The van der Waals surface area contributed by atoms with Crippen molar-refractivity contribution in [3.8, 4) is 5.13 Å². The van der Waals surface area contributed by atoms with E-state index >= 15 is 0 Å². The van der Waals surface area contributed by atoms with Crippen LogP contribution in [0.5, 0.6) is 0 Å². The first-order chi connectivity index (χ1) is 7.08. The fraction of sp³-hybridized carbons (Fsp3) is 0.125. The molecule has 2 aromatic rings. The van der Waals surface area contributed by atoms with Crippen molar-refractivity contribution < 1.29 is 9.90 Å². The molecule has 0 unspecified atom stereocenters. The summed E-state index contributed by atoms with van der Waals surface area (Å²) in [5.74, 6) is -0.977. The molecule has 0 bridgehead atoms. The van der Waals surface area contributed by atoms with E-state index in [1.165, 1.54) is 22.2 Å². The summed E-state index contributed by atoms with van der Waals surface area (Å²) >= 11 is 4.61. The third-order valence-electron chi connectivity index (χ3n) is 1.79. The Balaban J connectivity index is 2.46. The fourth-order valence-corrected chi connectivity index (χ4v) is 2.29. The molecule has 0 saturated heterocycles. The third-order valence-corrected chi connectivity index (χ3v) is 3.33. The molecule has 2 rings (SSSR count). The minimum absolute atomic E-state index is 0.196. The Morgan fingerprint density at radius 2 is 2.40 bits per heavy atom. The highest BCUT2D eigenvalue weighted by atomic mass is 79.9. The summed E-state index contributed by atoms with van der Waals surface area (Å²) < 4.78 is 2.18. The van der Waals surface area contributed by atoms with Crippen molar-refractivity contribution in [3.63, 3.8) is 0 Å². The number of rotatable bonds is 2. The Kier molecular flexibility index (Phi) is 2.57. The summed E-state index contributed by atoms with van der Waals surface area (Å²) in [6.07, 6.45) is 1.46. The second kappa shape index (κ2) is 3.74. The maximum atomic E-state index is 10.8. The predicted molar refractivity (Wildman–Crippen MR) is 58.6 cm³/mol. The molecule has 7 heteroatoms. The Morgan fingerprint density at radius 1 is 1.67 bits per heavy atom. The first-order valence-corrected chi connectivity index (χ1v) is 5.66. The van der Waals surface area contributed by atoms with Crippen LogP contribution in [-0.2, 0) is 0 Å². The van der Waals surface area contributed by atoms with E-state index in [1.54, 1.807) is 6.92 Å². The van der Waals surface area contributed by atoms with Crippen LogP contribution < -0.4 is 0 Å². The van der Waals surface area contributed by atoms with Gasteiger partial charge in [-0.2, -0.15) is 5.10 Å².